The Morgan fingerprint density at radius 3 is 3.10 bits per heavy atom. The summed E-state index contributed by atoms with van der Waals surface area (Å²) in [5.74, 6) is 0. The molecule has 0 aliphatic rings. The van der Waals surface area contributed by atoms with Crippen molar-refractivity contribution in [1.29, 1.82) is 0 Å². The topological polar surface area (TPSA) is 30.0 Å². The maximum atomic E-state index is 10.3. The van der Waals surface area contributed by atoms with Crippen molar-refractivity contribution in [3.8, 4) is 0 Å². The summed E-state index contributed by atoms with van der Waals surface area (Å²) in [5.41, 5.74) is 1.74. The molecule has 0 atom stereocenters. The van der Waals surface area contributed by atoms with Crippen LogP contribution in [0.5, 0.6) is 0 Å². The Morgan fingerprint density at radius 1 is 1.80 bits per heavy atom. The summed E-state index contributed by atoms with van der Waals surface area (Å²) in [6, 6.07) is 0. The van der Waals surface area contributed by atoms with Crippen LogP contribution in [0.1, 0.15) is 11.3 Å². The van der Waals surface area contributed by atoms with Gasteiger partial charge in [-0.1, -0.05) is 0 Å². The zero-order valence-corrected chi connectivity index (χ0v) is 6.78. The first-order valence-electron chi connectivity index (χ1n) is 2.85. The third kappa shape index (κ3) is 2.45. The van der Waals surface area contributed by atoms with Gasteiger partial charge in [0.05, 0.1) is 5.51 Å². The lowest BCUT2D eigenvalue weighted by atomic mass is 10.3. The molecule has 0 amide bonds. The zero-order chi connectivity index (χ0) is 7.40. The van der Waals surface area contributed by atoms with Crippen molar-refractivity contribution in [3.05, 3.63) is 16.6 Å². The first-order chi connectivity index (χ1) is 4.79. The van der Waals surface area contributed by atoms with Crippen molar-refractivity contribution in [1.82, 2.24) is 4.98 Å². The Morgan fingerprint density at radius 2 is 2.60 bits per heavy atom. The molecular weight excluding hydrogens is 170 g/mol. The van der Waals surface area contributed by atoms with E-state index < -0.39 is 0 Å². The van der Waals surface area contributed by atoms with Crippen molar-refractivity contribution >= 4 is 28.2 Å². The molecule has 10 heavy (non-hydrogen) atoms. The molecule has 0 unspecified atom stereocenters. The fourth-order valence-electron chi connectivity index (χ4n) is 0.587. The van der Waals surface area contributed by atoms with E-state index in [-0.39, 0.29) is 5.24 Å². The molecule has 54 valence electrons. The number of carbonyl (C=O) groups is 1. The number of hydrogen-bond donors (Lipinski definition) is 0. The predicted octanol–water partition coefficient (Wildman–Crippen LogP) is 1.84. The number of halogens is 1. The normalized spacial score (nSPS) is 9.70. The van der Waals surface area contributed by atoms with Gasteiger partial charge in [-0.15, -0.1) is 11.3 Å². The zero-order valence-electron chi connectivity index (χ0n) is 5.21. The molecule has 2 nitrogen and oxygen atoms in total. The van der Waals surface area contributed by atoms with Crippen molar-refractivity contribution in [2.24, 2.45) is 0 Å². The van der Waals surface area contributed by atoms with Gasteiger partial charge in [-0.3, -0.25) is 9.78 Å². The summed E-state index contributed by atoms with van der Waals surface area (Å²) in [4.78, 5) is 15.3. The van der Waals surface area contributed by atoms with Crippen molar-refractivity contribution in [2.45, 2.75) is 12.8 Å². The Bertz CT molecular complexity index is 210. The van der Waals surface area contributed by atoms with Gasteiger partial charge in [0.15, 0.2) is 0 Å². The molecule has 1 heterocycles. The van der Waals surface area contributed by atoms with Crippen LogP contribution in [0, 0.1) is 0 Å². The molecule has 0 spiro atoms. The van der Waals surface area contributed by atoms with Gasteiger partial charge in [-0.05, 0) is 18.0 Å². The molecule has 1 rings (SSSR count). The molecule has 0 fully saturated rings. The molecule has 0 aromatic carbocycles. The van der Waals surface area contributed by atoms with Crippen LogP contribution in [0.15, 0.2) is 11.7 Å². The largest absolute Gasteiger partial charge is 0.281 e. The monoisotopic (exact) mass is 175 g/mol. The van der Waals surface area contributed by atoms with Crippen molar-refractivity contribution in [3.63, 3.8) is 0 Å². The van der Waals surface area contributed by atoms with Gasteiger partial charge in [0.1, 0.15) is 0 Å². The quantitative estimate of drug-likeness (QED) is 0.657. The lowest BCUT2D eigenvalue weighted by molar-refractivity contribution is -0.111. The van der Waals surface area contributed by atoms with E-state index in [1.54, 1.807) is 23.0 Å². The smallest absolute Gasteiger partial charge is 0.221 e. The van der Waals surface area contributed by atoms with E-state index in [0.717, 1.165) is 4.88 Å². The summed E-state index contributed by atoms with van der Waals surface area (Å²) in [6.45, 7) is 0. The van der Waals surface area contributed by atoms with Gasteiger partial charge in [0.2, 0.25) is 5.24 Å². The lowest BCUT2D eigenvalue weighted by Crippen LogP contribution is -1.88. The summed E-state index contributed by atoms with van der Waals surface area (Å²) < 4.78 is 0. The number of carbonyl (C=O) groups excluding carboxylic acids is 1. The molecule has 0 bridgehead atoms. The molecular formula is C6H6ClNOS. The summed E-state index contributed by atoms with van der Waals surface area (Å²) in [7, 11) is 0. The second-order valence-electron chi connectivity index (χ2n) is 1.82. The number of aryl methyl sites for hydroxylation is 1. The predicted molar refractivity (Wildman–Crippen MR) is 41.3 cm³/mol. The van der Waals surface area contributed by atoms with E-state index in [9.17, 15) is 4.79 Å². The fraction of sp³-hybridized carbons (Fsp3) is 0.333. The van der Waals surface area contributed by atoms with Gasteiger partial charge < -0.3 is 0 Å². The first kappa shape index (κ1) is 7.69. The highest BCUT2D eigenvalue weighted by Crippen LogP contribution is 2.08. The van der Waals surface area contributed by atoms with E-state index in [1.165, 1.54) is 0 Å². The van der Waals surface area contributed by atoms with E-state index in [1.807, 2.05) is 0 Å². The highest BCUT2D eigenvalue weighted by atomic mass is 35.5. The van der Waals surface area contributed by atoms with Crippen LogP contribution in [0.3, 0.4) is 0 Å². The van der Waals surface area contributed by atoms with Crippen LogP contribution in [0.4, 0.5) is 0 Å². The van der Waals surface area contributed by atoms with Gasteiger partial charge in [0, 0.05) is 17.5 Å². The molecule has 0 N–H and O–H groups in total. The van der Waals surface area contributed by atoms with Crippen molar-refractivity contribution < 1.29 is 4.79 Å². The Balaban J connectivity index is 2.35. The summed E-state index contributed by atoms with van der Waals surface area (Å²) in [6.07, 6.45) is 2.88. The first-order valence-corrected chi connectivity index (χ1v) is 4.10. The number of rotatable bonds is 3. The van der Waals surface area contributed by atoms with Gasteiger partial charge in [-0.25, -0.2) is 0 Å². The Labute approximate surface area is 67.9 Å². The van der Waals surface area contributed by atoms with Crippen LogP contribution in [-0.2, 0) is 11.2 Å². The Hall–Kier alpha value is -0.410. The van der Waals surface area contributed by atoms with E-state index in [2.05, 4.69) is 4.98 Å². The summed E-state index contributed by atoms with van der Waals surface area (Å²) >= 11 is 6.68. The number of aromatic nitrogens is 1. The van der Waals surface area contributed by atoms with Crippen LogP contribution < -0.4 is 0 Å². The molecule has 0 aliphatic heterocycles. The van der Waals surface area contributed by atoms with Crippen LogP contribution in [0.2, 0.25) is 0 Å². The third-order valence-corrected chi connectivity index (χ3v) is 2.08. The highest BCUT2D eigenvalue weighted by Gasteiger charge is 1.98. The minimum absolute atomic E-state index is 0.284. The number of thiazole rings is 1. The lowest BCUT2D eigenvalue weighted by Gasteiger charge is -1.87. The standard InChI is InChI=1S/C6H6ClNOS/c7-6(9)2-1-5-3-8-4-10-5/h3-4H,1-2H2. The second-order valence-corrected chi connectivity index (χ2v) is 3.22. The number of nitrogens with zero attached hydrogens (tertiary/aromatic N) is 1. The van der Waals surface area contributed by atoms with Gasteiger partial charge in [0.25, 0.3) is 0 Å². The summed E-state index contributed by atoms with van der Waals surface area (Å²) in [5, 5.41) is -0.284. The SMILES string of the molecule is O=C(Cl)CCc1cncs1. The van der Waals surface area contributed by atoms with Gasteiger partial charge in [-0.2, -0.15) is 0 Å². The average molecular weight is 176 g/mol. The molecule has 4 heteroatoms. The molecule has 0 saturated carbocycles. The number of hydrogen-bond acceptors (Lipinski definition) is 3. The minimum Gasteiger partial charge on any atom is -0.281 e. The molecule has 1 aromatic heterocycles. The molecule has 0 radical (unpaired) electrons. The average Bonchev–Trinajstić information content (AvgIpc) is 2.34. The van der Waals surface area contributed by atoms with E-state index in [4.69, 9.17) is 11.6 Å². The second kappa shape index (κ2) is 3.68. The molecule has 0 aliphatic carbocycles. The van der Waals surface area contributed by atoms with Crippen LogP contribution in [0.25, 0.3) is 0 Å². The van der Waals surface area contributed by atoms with E-state index in [0.29, 0.717) is 12.8 Å². The molecule has 0 saturated heterocycles. The van der Waals surface area contributed by atoms with Crippen molar-refractivity contribution in [2.75, 3.05) is 0 Å². The third-order valence-electron chi connectivity index (χ3n) is 1.05. The van der Waals surface area contributed by atoms with Crippen LogP contribution in [-0.4, -0.2) is 10.2 Å². The fourth-order valence-corrected chi connectivity index (χ4v) is 1.28. The van der Waals surface area contributed by atoms with Crippen LogP contribution >= 0.6 is 22.9 Å². The maximum absolute atomic E-state index is 10.3. The highest BCUT2D eigenvalue weighted by molar-refractivity contribution is 7.09. The maximum Gasteiger partial charge on any atom is 0.221 e. The molecule has 1 aromatic rings. The Kier molecular flexibility index (Phi) is 2.83. The minimum atomic E-state index is -0.284. The van der Waals surface area contributed by atoms with Gasteiger partial charge >= 0.3 is 0 Å². The van der Waals surface area contributed by atoms with E-state index >= 15 is 0 Å².